The van der Waals surface area contributed by atoms with Crippen LogP contribution in [-0.4, -0.2) is 0 Å². The minimum absolute atomic E-state index is 1.06. The molecule has 0 unspecified atom stereocenters. The summed E-state index contributed by atoms with van der Waals surface area (Å²) in [6.07, 6.45) is 13.1. The molecule has 0 saturated carbocycles. The van der Waals surface area contributed by atoms with E-state index in [-0.39, 0.29) is 0 Å². The predicted octanol–water partition coefficient (Wildman–Crippen LogP) is 17.5. The van der Waals surface area contributed by atoms with Crippen molar-refractivity contribution in [2.75, 3.05) is 9.80 Å². The standard InChI is InChI=1S/C64H52N2/c1-49-32-40-55(41-33-49)63(53-20-7-3-8-21-53)30-15-18-51-36-44-59(45-37-51)65(57-24-11-5-12-25-57)61-28-17-29-62(48-61)66(58-26-13-6-14-27-58)60-46-38-52(39-47-60)19-16-31-64(54-22-9-4-10-23-54)56-42-34-50(2)35-43-56/h3-48H,1-2H3. The van der Waals surface area contributed by atoms with Gasteiger partial charge in [-0.2, -0.15) is 0 Å². The summed E-state index contributed by atoms with van der Waals surface area (Å²) in [5, 5.41) is 0. The van der Waals surface area contributed by atoms with Crippen molar-refractivity contribution < 1.29 is 0 Å². The first-order chi connectivity index (χ1) is 32.6. The molecule has 0 bridgehead atoms. The molecule has 0 aromatic heterocycles. The minimum Gasteiger partial charge on any atom is -0.310 e. The average Bonchev–Trinajstić information content (AvgIpc) is 3.37. The Morgan fingerprint density at radius 3 is 0.955 bits per heavy atom. The molecule has 0 radical (unpaired) electrons. The van der Waals surface area contributed by atoms with E-state index in [0.29, 0.717) is 0 Å². The fourth-order valence-electron chi connectivity index (χ4n) is 8.22. The van der Waals surface area contributed by atoms with Crippen molar-refractivity contribution in [3.8, 4) is 0 Å². The number of hydrogen-bond donors (Lipinski definition) is 0. The molecule has 0 aliphatic heterocycles. The van der Waals surface area contributed by atoms with Gasteiger partial charge in [-0.05, 0) is 125 Å². The maximum Gasteiger partial charge on any atom is 0.0482 e. The van der Waals surface area contributed by atoms with Gasteiger partial charge in [-0.3, -0.25) is 0 Å². The molecule has 0 heterocycles. The number of para-hydroxylation sites is 2. The van der Waals surface area contributed by atoms with Gasteiger partial charge in [0.15, 0.2) is 0 Å². The van der Waals surface area contributed by atoms with E-state index in [0.717, 1.165) is 45.3 Å². The molecule has 0 saturated heterocycles. The Balaban J connectivity index is 1.00. The highest BCUT2D eigenvalue weighted by Gasteiger charge is 2.17. The lowest BCUT2D eigenvalue weighted by Gasteiger charge is -2.29. The zero-order valence-electron chi connectivity index (χ0n) is 37.5. The van der Waals surface area contributed by atoms with Crippen molar-refractivity contribution >= 4 is 57.4 Å². The summed E-state index contributed by atoms with van der Waals surface area (Å²) in [5.41, 5.74) is 18.4. The molecule has 2 nitrogen and oxygen atoms in total. The number of anilines is 6. The fourth-order valence-corrected chi connectivity index (χ4v) is 8.22. The van der Waals surface area contributed by atoms with Gasteiger partial charge in [0, 0.05) is 34.1 Å². The molecular formula is C64H52N2. The minimum atomic E-state index is 1.06. The third kappa shape index (κ3) is 10.5. The lowest BCUT2D eigenvalue weighted by molar-refractivity contribution is 1.25. The Morgan fingerprint density at radius 2 is 0.591 bits per heavy atom. The van der Waals surface area contributed by atoms with Gasteiger partial charge >= 0.3 is 0 Å². The Kier molecular flexibility index (Phi) is 13.5. The SMILES string of the molecule is Cc1ccc(C(=CC=Cc2ccc(N(c3ccccc3)c3cccc(N(c4ccccc4)c4ccc(C=CC=C(c5ccccc5)c5ccc(C)cc5)cc4)c3)cc2)c2ccccc2)cc1. The largest absolute Gasteiger partial charge is 0.310 e. The smallest absolute Gasteiger partial charge is 0.0482 e. The van der Waals surface area contributed by atoms with E-state index in [1.165, 1.54) is 44.5 Å². The van der Waals surface area contributed by atoms with Crippen molar-refractivity contribution in [1.29, 1.82) is 0 Å². The Labute approximate surface area is 390 Å². The van der Waals surface area contributed by atoms with Gasteiger partial charge in [-0.1, -0.05) is 224 Å². The second-order valence-electron chi connectivity index (χ2n) is 16.4. The number of benzene rings is 9. The van der Waals surface area contributed by atoms with Gasteiger partial charge < -0.3 is 9.80 Å². The van der Waals surface area contributed by atoms with Crippen LogP contribution < -0.4 is 9.80 Å². The first-order valence-corrected chi connectivity index (χ1v) is 22.6. The second kappa shape index (κ2) is 20.8. The van der Waals surface area contributed by atoms with Crippen molar-refractivity contribution in [3.63, 3.8) is 0 Å². The number of hydrogen-bond acceptors (Lipinski definition) is 2. The summed E-state index contributed by atoms with van der Waals surface area (Å²) in [6, 6.07) is 86.3. The van der Waals surface area contributed by atoms with Crippen LogP contribution in [0.4, 0.5) is 34.1 Å². The Hall–Kier alpha value is -8.46. The summed E-state index contributed by atoms with van der Waals surface area (Å²) >= 11 is 0. The van der Waals surface area contributed by atoms with Crippen LogP contribution in [0.15, 0.2) is 267 Å². The normalized spacial score (nSPS) is 11.8. The molecule has 0 fully saturated rings. The number of rotatable bonds is 14. The van der Waals surface area contributed by atoms with Crippen LogP contribution in [-0.2, 0) is 0 Å². The zero-order valence-corrected chi connectivity index (χ0v) is 37.5. The summed E-state index contributed by atoms with van der Waals surface area (Å²) in [6.45, 7) is 4.25. The summed E-state index contributed by atoms with van der Waals surface area (Å²) in [4.78, 5) is 4.65. The summed E-state index contributed by atoms with van der Waals surface area (Å²) < 4.78 is 0. The first-order valence-electron chi connectivity index (χ1n) is 22.6. The lowest BCUT2D eigenvalue weighted by Crippen LogP contribution is -2.13. The molecule has 0 aliphatic rings. The Morgan fingerprint density at radius 1 is 0.288 bits per heavy atom. The van der Waals surface area contributed by atoms with Gasteiger partial charge in [0.1, 0.15) is 0 Å². The maximum absolute atomic E-state index is 2.33. The predicted molar refractivity (Wildman–Crippen MR) is 283 cm³/mol. The van der Waals surface area contributed by atoms with E-state index in [9.17, 15) is 0 Å². The molecule has 0 aliphatic carbocycles. The van der Waals surface area contributed by atoms with Crippen molar-refractivity contribution in [2.24, 2.45) is 0 Å². The molecule has 0 amide bonds. The van der Waals surface area contributed by atoms with Gasteiger partial charge in [0.05, 0.1) is 0 Å². The van der Waals surface area contributed by atoms with E-state index < -0.39 is 0 Å². The van der Waals surface area contributed by atoms with Crippen LogP contribution in [0, 0.1) is 13.8 Å². The van der Waals surface area contributed by atoms with Crippen LogP contribution in [0.1, 0.15) is 44.5 Å². The summed E-state index contributed by atoms with van der Waals surface area (Å²) in [7, 11) is 0. The second-order valence-corrected chi connectivity index (χ2v) is 16.4. The van der Waals surface area contributed by atoms with E-state index in [2.05, 4.69) is 303 Å². The van der Waals surface area contributed by atoms with Gasteiger partial charge in [0.25, 0.3) is 0 Å². The maximum atomic E-state index is 2.33. The number of aryl methyl sites for hydroxylation is 2. The van der Waals surface area contributed by atoms with E-state index in [1.54, 1.807) is 0 Å². The molecule has 318 valence electrons. The van der Waals surface area contributed by atoms with Crippen molar-refractivity contribution in [3.05, 3.63) is 311 Å². The number of allylic oxidation sites excluding steroid dienone is 4. The van der Waals surface area contributed by atoms with Crippen LogP contribution in [0.2, 0.25) is 0 Å². The molecule has 66 heavy (non-hydrogen) atoms. The third-order valence-corrected chi connectivity index (χ3v) is 11.7. The monoisotopic (exact) mass is 848 g/mol. The topological polar surface area (TPSA) is 6.48 Å². The van der Waals surface area contributed by atoms with Crippen LogP contribution in [0.3, 0.4) is 0 Å². The molecule has 2 heteroatoms. The quantitative estimate of drug-likeness (QED) is 0.101. The van der Waals surface area contributed by atoms with E-state index in [4.69, 9.17) is 0 Å². The average molecular weight is 849 g/mol. The molecule has 0 spiro atoms. The molecule has 9 aromatic rings. The lowest BCUT2D eigenvalue weighted by atomic mass is 9.96. The highest BCUT2D eigenvalue weighted by atomic mass is 15.2. The first kappa shape index (κ1) is 42.8. The molecule has 0 atom stereocenters. The molecule has 0 N–H and O–H groups in total. The number of nitrogens with zero attached hydrogens (tertiary/aromatic N) is 2. The highest BCUT2D eigenvalue weighted by Crippen LogP contribution is 2.40. The van der Waals surface area contributed by atoms with Gasteiger partial charge in [0.2, 0.25) is 0 Å². The van der Waals surface area contributed by atoms with Gasteiger partial charge in [-0.15, -0.1) is 0 Å². The van der Waals surface area contributed by atoms with Crippen molar-refractivity contribution in [1.82, 2.24) is 0 Å². The van der Waals surface area contributed by atoms with E-state index in [1.807, 2.05) is 0 Å². The van der Waals surface area contributed by atoms with Crippen LogP contribution in [0.25, 0.3) is 23.3 Å². The molecule has 9 rings (SSSR count). The van der Waals surface area contributed by atoms with E-state index >= 15 is 0 Å². The third-order valence-electron chi connectivity index (χ3n) is 11.7. The highest BCUT2D eigenvalue weighted by molar-refractivity contribution is 5.85. The molecule has 9 aromatic carbocycles. The molecular weight excluding hydrogens is 797 g/mol. The Bertz CT molecular complexity index is 2860. The zero-order chi connectivity index (χ0) is 44.9. The van der Waals surface area contributed by atoms with Crippen LogP contribution >= 0.6 is 0 Å². The summed E-state index contributed by atoms with van der Waals surface area (Å²) in [5.74, 6) is 0. The van der Waals surface area contributed by atoms with Crippen molar-refractivity contribution in [2.45, 2.75) is 13.8 Å². The van der Waals surface area contributed by atoms with Crippen LogP contribution in [0.5, 0.6) is 0 Å². The fraction of sp³-hybridized carbons (Fsp3) is 0.0312. The van der Waals surface area contributed by atoms with Gasteiger partial charge in [-0.25, -0.2) is 0 Å².